The van der Waals surface area contributed by atoms with Gasteiger partial charge in [0.1, 0.15) is 0 Å². The van der Waals surface area contributed by atoms with E-state index in [1.54, 1.807) is 0 Å². The van der Waals surface area contributed by atoms with Crippen LogP contribution in [0, 0.1) is 0 Å². The Morgan fingerprint density at radius 1 is 1.25 bits per heavy atom. The Morgan fingerprint density at radius 3 is 2.33 bits per heavy atom. The monoisotopic (exact) mass is 198 g/mol. The van der Waals surface area contributed by atoms with Crippen LogP contribution in [0.1, 0.15) is 13.8 Å². The normalized spacial score (nSPS) is 12.2. The fourth-order valence-corrected chi connectivity index (χ4v) is 2.85. The molecule has 1 aromatic carbocycles. The molecule has 0 saturated heterocycles. The van der Waals surface area contributed by atoms with Crippen LogP contribution in [0.15, 0.2) is 41.7 Å². The molecule has 0 aliphatic carbocycles. The van der Waals surface area contributed by atoms with E-state index in [1.165, 1.54) is 10.9 Å². The van der Waals surface area contributed by atoms with Crippen LogP contribution in [0.25, 0.3) is 0 Å². The lowest BCUT2D eigenvalue weighted by molar-refractivity contribution is 1.41. The Hall–Kier alpha value is -0.320. The molecule has 0 aromatic heterocycles. The van der Waals surface area contributed by atoms with E-state index in [1.807, 2.05) is 18.2 Å². The van der Waals surface area contributed by atoms with Gasteiger partial charge in [-0.1, -0.05) is 47.1 Å². The first kappa shape index (κ1) is 9.77. The van der Waals surface area contributed by atoms with E-state index in [-0.39, 0.29) is 0 Å². The van der Waals surface area contributed by atoms with Gasteiger partial charge < -0.3 is 0 Å². The average Bonchev–Trinajstić information content (AvgIpc) is 2.05. The van der Waals surface area contributed by atoms with E-state index in [2.05, 4.69) is 31.8 Å². The van der Waals surface area contributed by atoms with Crippen molar-refractivity contribution in [3.63, 3.8) is 0 Å². The third-order valence-corrected chi connectivity index (χ3v) is 3.79. The predicted octanol–water partition coefficient (Wildman–Crippen LogP) is 3.87. The average molecular weight is 199 g/mol. The summed E-state index contributed by atoms with van der Waals surface area (Å²) in [5.41, 5.74) is 1.28. The van der Waals surface area contributed by atoms with E-state index < -0.39 is 7.27 Å². The number of hydrogen-bond acceptors (Lipinski definition) is 0. The van der Waals surface area contributed by atoms with Crippen molar-refractivity contribution >= 4 is 23.8 Å². The van der Waals surface area contributed by atoms with E-state index in [0.29, 0.717) is 0 Å². The summed E-state index contributed by atoms with van der Waals surface area (Å²) in [6.07, 6.45) is 0. The number of halogens is 1. The molecule has 0 N–H and O–H groups in total. The zero-order chi connectivity index (χ0) is 8.97. The predicted molar refractivity (Wildman–Crippen MR) is 58.3 cm³/mol. The maximum absolute atomic E-state index is 6.19. The number of allylic oxidation sites excluding steroid dienone is 1. The van der Waals surface area contributed by atoms with Crippen molar-refractivity contribution in [1.29, 1.82) is 0 Å². The Kier molecular flexibility index (Phi) is 3.78. The summed E-state index contributed by atoms with van der Waals surface area (Å²) in [6.45, 7) is 4.14. The summed E-state index contributed by atoms with van der Waals surface area (Å²) in [6, 6.07) is 10.2. The molecule has 0 aliphatic heterocycles. The highest BCUT2D eigenvalue weighted by Gasteiger charge is 2.01. The van der Waals surface area contributed by atoms with Crippen molar-refractivity contribution in [3.8, 4) is 0 Å². The van der Waals surface area contributed by atoms with E-state index in [4.69, 9.17) is 11.2 Å². The molecule has 1 atom stereocenters. The van der Waals surface area contributed by atoms with Crippen LogP contribution in [0.3, 0.4) is 0 Å². The highest BCUT2D eigenvalue weighted by molar-refractivity contribution is 7.92. The van der Waals surface area contributed by atoms with E-state index in [9.17, 15) is 0 Å². The topological polar surface area (TPSA) is 0 Å². The van der Waals surface area contributed by atoms with Crippen LogP contribution < -0.4 is 5.30 Å². The molecule has 2 heteroatoms. The van der Waals surface area contributed by atoms with Crippen molar-refractivity contribution in [1.82, 2.24) is 0 Å². The number of hydrogen-bond donors (Lipinski definition) is 0. The SMILES string of the molecule is CC(C)=CP(Cl)c1ccccc1. The van der Waals surface area contributed by atoms with Gasteiger partial charge >= 0.3 is 0 Å². The van der Waals surface area contributed by atoms with Crippen molar-refractivity contribution in [3.05, 3.63) is 41.7 Å². The third-order valence-electron chi connectivity index (χ3n) is 1.37. The summed E-state index contributed by atoms with van der Waals surface area (Å²) in [7, 11) is -0.605. The first-order valence-corrected chi connectivity index (χ1v) is 6.17. The Morgan fingerprint density at radius 2 is 1.83 bits per heavy atom. The molecule has 0 amide bonds. The zero-order valence-electron chi connectivity index (χ0n) is 7.29. The van der Waals surface area contributed by atoms with Crippen molar-refractivity contribution in [2.75, 3.05) is 0 Å². The lowest BCUT2D eigenvalue weighted by Crippen LogP contribution is -1.92. The number of benzene rings is 1. The molecule has 0 bridgehead atoms. The van der Waals surface area contributed by atoms with Gasteiger partial charge in [-0.25, -0.2) is 0 Å². The molecule has 0 radical (unpaired) electrons. The van der Waals surface area contributed by atoms with Crippen LogP contribution in [-0.4, -0.2) is 0 Å². The second-order valence-corrected chi connectivity index (χ2v) is 5.34. The molecule has 1 rings (SSSR count). The van der Waals surface area contributed by atoms with Gasteiger partial charge in [0, 0.05) is 7.27 Å². The largest absolute Gasteiger partial charge is 0.0865 e. The Bertz CT molecular complexity index is 262. The second-order valence-electron chi connectivity index (χ2n) is 2.85. The van der Waals surface area contributed by atoms with Gasteiger partial charge in [-0.2, -0.15) is 0 Å². The van der Waals surface area contributed by atoms with Gasteiger partial charge in [-0.05, 0) is 25.0 Å². The second kappa shape index (κ2) is 4.64. The Balaban J connectivity index is 2.79. The van der Waals surface area contributed by atoms with Crippen LogP contribution >= 0.6 is 18.5 Å². The maximum atomic E-state index is 6.19. The van der Waals surface area contributed by atoms with Crippen LogP contribution in [0.5, 0.6) is 0 Å². The molecule has 0 aliphatic rings. The zero-order valence-corrected chi connectivity index (χ0v) is 8.94. The first-order chi connectivity index (χ1) is 5.70. The molecular formula is C10H12ClP. The molecule has 12 heavy (non-hydrogen) atoms. The molecule has 64 valence electrons. The highest BCUT2D eigenvalue weighted by Crippen LogP contribution is 2.42. The molecule has 0 fully saturated rings. The van der Waals surface area contributed by atoms with Gasteiger partial charge in [-0.3, -0.25) is 0 Å². The minimum absolute atomic E-state index is 0.605. The maximum Gasteiger partial charge on any atom is 0.0449 e. The molecular weight excluding hydrogens is 187 g/mol. The van der Waals surface area contributed by atoms with E-state index >= 15 is 0 Å². The summed E-state index contributed by atoms with van der Waals surface area (Å²) >= 11 is 6.19. The molecule has 0 spiro atoms. The molecule has 1 unspecified atom stereocenters. The van der Waals surface area contributed by atoms with Crippen LogP contribution in [0.2, 0.25) is 0 Å². The van der Waals surface area contributed by atoms with Gasteiger partial charge in [0.05, 0.1) is 0 Å². The Labute approximate surface area is 79.8 Å². The summed E-state index contributed by atoms with van der Waals surface area (Å²) in [4.78, 5) is 0. The van der Waals surface area contributed by atoms with Crippen molar-refractivity contribution in [2.45, 2.75) is 13.8 Å². The summed E-state index contributed by atoms with van der Waals surface area (Å²) < 4.78 is 0. The molecule has 0 heterocycles. The lowest BCUT2D eigenvalue weighted by atomic mass is 10.4. The quantitative estimate of drug-likeness (QED) is 0.633. The summed E-state index contributed by atoms with van der Waals surface area (Å²) in [5.74, 6) is 2.12. The van der Waals surface area contributed by atoms with Gasteiger partial charge in [0.2, 0.25) is 0 Å². The first-order valence-electron chi connectivity index (χ1n) is 3.85. The standard InChI is InChI=1S/C10H12ClP/c1-9(2)8-12(11)10-6-4-3-5-7-10/h3-8H,1-2H3. The molecule has 0 nitrogen and oxygen atoms in total. The lowest BCUT2D eigenvalue weighted by Gasteiger charge is -2.04. The van der Waals surface area contributed by atoms with Crippen molar-refractivity contribution in [2.24, 2.45) is 0 Å². The minimum Gasteiger partial charge on any atom is -0.0865 e. The van der Waals surface area contributed by atoms with Crippen molar-refractivity contribution < 1.29 is 0 Å². The fraction of sp³-hybridized carbons (Fsp3) is 0.200. The molecule has 1 aromatic rings. The number of rotatable bonds is 2. The summed E-state index contributed by atoms with van der Waals surface area (Å²) in [5, 5.41) is 1.22. The third kappa shape index (κ3) is 2.97. The highest BCUT2D eigenvalue weighted by atomic mass is 35.7. The van der Waals surface area contributed by atoms with Crippen LogP contribution in [0.4, 0.5) is 0 Å². The van der Waals surface area contributed by atoms with E-state index in [0.717, 1.165) is 0 Å². The molecule has 0 saturated carbocycles. The minimum atomic E-state index is -0.605. The van der Waals surface area contributed by atoms with Gasteiger partial charge in [0.15, 0.2) is 0 Å². The smallest absolute Gasteiger partial charge is 0.0449 e. The fourth-order valence-electron chi connectivity index (χ4n) is 0.872. The van der Waals surface area contributed by atoms with Gasteiger partial charge in [-0.15, -0.1) is 0 Å². The van der Waals surface area contributed by atoms with Crippen LogP contribution in [-0.2, 0) is 0 Å². The van der Waals surface area contributed by atoms with Gasteiger partial charge in [0.25, 0.3) is 0 Å².